The number of rotatable bonds is 4. The van der Waals surface area contributed by atoms with Crippen molar-refractivity contribution in [2.45, 2.75) is 64.0 Å². The summed E-state index contributed by atoms with van der Waals surface area (Å²) in [7, 11) is 0. The molecule has 3 N–H and O–H groups in total. The molecule has 1 unspecified atom stereocenters. The van der Waals surface area contributed by atoms with Crippen molar-refractivity contribution < 1.29 is 9.63 Å². The van der Waals surface area contributed by atoms with Gasteiger partial charge in [0.05, 0.1) is 17.1 Å². The Bertz CT molecular complexity index is 1080. The van der Waals surface area contributed by atoms with Crippen LogP contribution in [0.15, 0.2) is 16.9 Å². The SMILES string of the molecule is CC(C)n1nc(-c2noc(C3CC3)c2C2=CCC(O)CC2)c2c(N)ncnc21. The van der Waals surface area contributed by atoms with Gasteiger partial charge in [-0.1, -0.05) is 11.2 Å². The Labute approximate surface area is 162 Å². The average molecular weight is 380 g/mol. The van der Waals surface area contributed by atoms with Crippen molar-refractivity contribution in [1.82, 2.24) is 24.9 Å². The van der Waals surface area contributed by atoms with Crippen LogP contribution in [0.2, 0.25) is 0 Å². The predicted octanol–water partition coefficient (Wildman–Crippen LogP) is 3.45. The molecule has 0 spiro atoms. The van der Waals surface area contributed by atoms with Crippen molar-refractivity contribution in [1.29, 1.82) is 0 Å². The first-order valence-corrected chi connectivity index (χ1v) is 9.90. The van der Waals surface area contributed by atoms with Crippen LogP contribution in [0.4, 0.5) is 5.82 Å². The number of nitrogens with zero attached hydrogens (tertiary/aromatic N) is 5. The van der Waals surface area contributed by atoms with Crippen molar-refractivity contribution in [3.63, 3.8) is 0 Å². The molecule has 5 rings (SSSR count). The lowest BCUT2D eigenvalue weighted by atomic mass is 9.89. The van der Waals surface area contributed by atoms with E-state index >= 15 is 0 Å². The van der Waals surface area contributed by atoms with Crippen LogP contribution in [0.25, 0.3) is 28.0 Å². The highest BCUT2D eigenvalue weighted by Crippen LogP contribution is 2.48. The van der Waals surface area contributed by atoms with E-state index < -0.39 is 0 Å². The molecule has 3 aromatic rings. The van der Waals surface area contributed by atoms with Gasteiger partial charge in [-0.05, 0) is 51.5 Å². The number of aliphatic hydroxyl groups excluding tert-OH is 1. The highest BCUT2D eigenvalue weighted by Gasteiger charge is 2.36. The van der Waals surface area contributed by atoms with E-state index in [2.05, 4.69) is 35.0 Å². The van der Waals surface area contributed by atoms with Crippen LogP contribution in [0.3, 0.4) is 0 Å². The van der Waals surface area contributed by atoms with Gasteiger partial charge in [0.25, 0.3) is 0 Å². The molecule has 2 aliphatic rings. The lowest BCUT2D eigenvalue weighted by molar-refractivity contribution is 0.166. The number of nitrogen functional groups attached to an aromatic ring is 1. The molecule has 0 radical (unpaired) electrons. The Kier molecular flexibility index (Phi) is 3.97. The van der Waals surface area contributed by atoms with Gasteiger partial charge in [0.15, 0.2) is 5.65 Å². The van der Waals surface area contributed by atoms with Gasteiger partial charge in [-0.3, -0.25) is 0 Å². The highest BCUT2D eigenvalue weighted by atomic mass is 16.5. The fraction of sp³-hybridized carbons (Fsp3) is 0.500. The van der Waals surface area contributed by atoms with Crippen LogP contribution in [0.1, 0.15) is 69.2 Å². The van der Waals surface area contributed by atoms with Crippen molar-refractivity contribution in [3.8, 4) is 11.4 Å². The van der Waals surface area contributed by atoms with E-state index in [1.165, 1.54) is 11.9 Å². The quantitative estimate of drug-likeness (QED) is 0.712. The summed E-state index contributed by atoms with van der Waals surface area (Å²) in [6.45, 7) is 4.11. The van der Waals surface area contributed by atoms with E-state index in [0.717, 1.165) is 37.0 Å². The lowest BCUT2D eigenvalue weighted by Crippen LogP contribution is -2.10. The van der Waals surface area contributed by atoms with Gasteiger partial charge in [-0.2, -0.15) is 5.10 Å². The largest absolute Gasteiger partial charge is 0.393 e. The molecule has 8 nitrogen and oxygen atoms in total. The molecule has 0 aliphatic heterocycles. The number of anilines is 1. The number of aromatic nitrogens is 5. The van der Waals surface area contributed by atoms with Gasteiger partial charge in [-0.25, -0.2) is 14.6 Å². The molecule has 28 heavy (non-hydrogen) atoms. The summed E-state index contributed by atoms with van der Waals surface area (Å²) in [5.74, 6) is 1.73. The monoisotopic (exact) mass is 380 g/mol. The van der Waals surface area contributed by atoms with Crippen molar-refractivity contribution in [2.75, 3.05) is 5.73 Å². The minimum absolute atomic E-state index is 0.118. The number of fused-ring (bicyclic) bond motifs is 1. The van der Waals surface area contributed by atoms with E-state index in [9.17, 15) is 5.11 Å². The summed E-state index contributed by atoms with van der Waals surface area (Å²) in [5.41, 5.74) is 10.5. The Morgan fingerprint density at radius 2 is 2.04 bits per heavy atom. The van der Waals surface area contributed by atoms with Gasteiger partial charge in [-0.15, -0.1) is 0 Å². The molecular weight excluding hydrogens is 356 g/mol. The first-order valence-electron chi connectivity index (χ1n) is 9.90. The summed E-state index contributed by atoms with van der Waals surface area (Å²) in [4.78, 5) is 8.60. The summed E-state index contributed by atoms with van der Waals surface area (Å²) in [6.07, 6.45) is 7.71. The third kappa shape index (κ3) is 2.71. The van der Waals surface area contributed by atoms with Gasteiger partial charge in [0, 0.05) is 12.0 Å². The van der Waals surface area contributed by atoms with E-state index in [1.54, 1.807) is 0 Å². The molecule has 3 aromatic heterocycles. The summed E-state index contributed by atoms with van der Waals surface area (Å²) in [5, 5.41) is 19.9. The zero-order chi connectivity index (χ0) is 19.4. The Morgan fingerprint density at radius 1 is 1.21 bits per heavy atom. The molecule has 2 aliphatic carbocycles. The molecule has 8 heteroatoms. The summed E-state index contributed by atoms with van der Waals surface area (Å²) >= 11 is 0. The Hall–Kier alpha value is -2.74. The molecule has 146 valence electrons. The number of allylic oxidation sites excluding steroid dienone is 1. The van der Waals surface area contributed by atoms with Crippen LogP contribution >= 0.6 is 0 Å². The number of aliphatic hydroxyl groups is 1. The molecular formula is C20H24N6O2. The van der Waals surface area contributed by atoms with Gasteiger partial charge in [0.1, 0.15) is 29.3 Å². The molecule has 0 saturated heterocycles. The lowest BCUT2D eigenvalue weighted by Gasteiger charge is -2.17. The number of nitrogens with two attached hydrogens (primary N) is 1. The van der Waals surface area contributed by atoms with Crippen LogP contribution in [-0.4, -0.2) is 36.1 Å². The first kappa shape index (κ1) is 17.4. The van der Waals surface area contributed by atoms with E-state index in [4.69, 9.17) is 15.4 Å². The topological polar surface area (TPSA) is 116 Å². The van der Waals surface area contributed by atoms with Crippen LogP contribution in [0.5, 0.6) is 0 Å². The normalized spacial score (nSPS) is 20.1. The fourth-order valence-corrected chi connectivity index (χ4v) is 3.97. The van der Waals surface area contributed by atoms with Crippen molar-refractivity contribution in [2.24, 2.45) is 0 Å². The van der Waals surface area contributed by atoms with Gasteiger partial charge < -0.3 is 15.4 Å². The van der Waals surface area contributed by atoms with Gasteiger partial charge >= 0.3 is 0 Å². The summed E-state index contributed by atoms with van der Waals surface area (Å²) < 4.78 is 7.69. The molecule has 1 saturated carbocycles. The fourth-order valence-electron chi connectivity index (χ4n) is 3.97. The van der Waals surface area contributed by atoms with Crippen LogP contribution < -0.4 is 5.73 Å². The number of hydrogen-bond acceptors (Lipinski definition) is 7. The molecule has 1 atom stereocenters. The third-order valence-electron chi connectivity index (χ3n) is 5.60. The summed E-state index contributed by atoms with van der Waals surface area (Å²) in [6, 6.07) is 0.118. The second-order valence-electron chi connectivity index (χ2n) is 8.05. The zero-order valence-electron chi connectivity index (χ0n) is 16.1. The van der Waals surface area contributed by atoms with E-state index in [-0.39, 0.29) is 12.1 Å². The second-order valence-corrected chi connectivity index (χ2v) is 8.05. The maximum Gasteiger partial charge on any atom is 0.164 e. The van der Waals surface area contributed by atoms with Crippen LogP contribution in [-0.2, 0) is 0 Å². The smallest absolute Gasteiger partial charge is 0.164 e. The van der Waals surface area contributed by atoms with Gasteiger partial charge in [0.2, 0.25) is 0 Å². The third-order valence-corrected chi connectivity index (χ3v) is 5.60. The second kappa shape index (κ2) is 6.41. The zero-order valence-corrected chi connectivity index (χ0v) is 16.1. The van der Waals surface area contributed by atoms with Crippen LogP contribution in [0, 0.1) is 0 Å². The minimum Gasteiger partial charge on any atom is -0.393 e. The average Bonchev–Trinajstić information content (AvgIpc) is 3.30. The van der Waals surface area contributed by atoms with E-state index in [1.807, 2.05) is 4.68 Å². The molecule has 0 amide bonds. The van der Waals surface area contributed by atoms with Crippen molar-refractivity contribution in [3.05, 3.63) is 23.7 Å². The first-order chi connectivity index (χ1) is 13.5. The standard InChI is InChI=1S/C20H24N6O2/c1-10(2)26-20-15(19(21)22-9-23-20)16(24-26)17-14(11-5-7-13(27)8-6-11)18(28-25-17)12-3-4-12/h5,9-10,12-13,27H,3-4,6-8H2,1-2H3,(H2,21,22,23). The predicted molar refractivity (Wildman–Crippen MR) is 105 cm³/mol. The maximum atomic E-state index is 9.91. The maximum absolute atomic E-state index is 9.91. The highest BCUT2D eigenvalue weighted by molar-refractivity contribution is 5.99. The minimum atomic E-state index is -0.276. The Morgan fingerprint density at radius 3 is 2.71 bits per heavy atom. The molecule has 3 heterocycles. The molecule has 0 bridgehead atoms. The van der Waals surface area contributed by atoms with E-state index in [0.29, 0.717) is 40.6 Å². The van der Waals surface area contributed by atoms with Crippen molar-refractivity contribution >= 4 is 22.4 Å². The number of hydrogen-bond donors (Lipinski definition) is 2. The molecule has 0 aromatic carbocycles. The molecule has 1 fully saturated rings. The Balaban J connectivity index is 1.75.